The minimum Gasteiger partial charge on any atom is -0.489 e. The van der Waals surface area contributed by atoms with Gasteiger partial charge in [0.1, 0.15) is 18.4 Å². The maximum atomic E-state index is 12.2. The molecule has 2 heterocycles. The van der Waals surface area contributed by atoms with Crippen LogP contribution in [0.2, 0.25) is 5.02 Å². The van der Waals surface area contributed by atoms with Crippen molar-refractivity contribution in [2.45, 2.75) is 25.4 Å². The van der Waals surface area contributed by atoms with Crippen molar-refractivity contribution < 1.29 is 14.3 Å². The fraction of sp³-hybridized carbons (Fsp3) is 0.333. The van der Waals surface area contributed by atoms with E-state index in [9.17, 15) is 4.79 Å². The monoisotopic (exact) mass is 387 g/mol. The summed E-state index contributed by atoms with van der Waals surface area (Å²) in [6, 6.07) is 6.31. The third-order valence-electron chi connectivity index (χ3n) is 3.90. The molecule has 8 nitrogen and oxygen atoms in total. The van der Waals surface area contributed by atoms with Crippen molar-refractivity contribution >= 4 is 29.1 Å². The molecule has 1 aliphatic heterocycles. The summed E-state index contributed by atoms with van der Waals surface area (Å²) in [5, 5.41) is 14.4. The van der Waals surface area contributed by atoms with Gasteiger partial charge in [0.2, 0.25) is 0 Å². The van der Waals surface area contributed by atoms with Crippen LogP contribution in [0.5, 0.6) is 5.75 Å². The van der Waals surface area contributed by atoms with E-state index in [2.05, 4.69) is 20.6 Å². The number of carbonyl (C=O) groups is 1. The molecule has 2 aromatic rings. The van der Waals surface area contributed by atoms with Crippen molar-refractivity contribution in [2.75, 3.05) is 23.8 Å². The van der Waals surface area contributed by atoms with Gasteiger partial charge in [-0.2, -0.15) is 5.26 Å². The van der Waals surface area contributed by atoms with E-state index in [1.54, 1.807) is 18.2 Å². The zero-order valence-electron chi connectivity index (χ0n) is 14.4. The Labute approximate surface area is 161 Å². The van der Waals surface area contributed by atoms with E-state index in [1.165, 1.54) is 12.4 Å². The van der Waals surface area contributed by atoms with Crippen LogP contribution in [0, 0.1) is 11.3 Å². The summed E-state index contributed by atoms with van der Waals surface area (Å²) < 4.78 is 11.5. The highest BCUT2D eigenvalue weighted by Crippen LogP contribution is 2.29. The van der Waals surface area contributed by atoms with Crippen LogP contribution in [-0.4, -0.2) is 35.3 Å². The standard InChI is InChI=1S/C18H18ClN5O3/c19-12-4-5-16(27-11-14-3-1-2-6-26-14)15(7-12)23-18(25)24-17-10-21-13(8-20)9-22-17/h4-5,7,9-10,14H,1-3,6,11H2,(H2,22,23,24,25)/t14-/m0/s1. The average molecular weight is 388 g/mol. The quantitative estimate of drug-likeness (QED) is 0.811. The van der Waals surface area contributed by atoms with Gasteiger partial charge in [0.25, 0.3) is 0 Å². The topological polar surface area (TPSA) is 109 Å². The number of aromatic nitrogens is 2. The van der Waals surface area contributed by atoms with Crippen LogP contribution < -0.4 is 15.4 Å². The van der Waals surface area contributed by atoms with Crippen LogP contribution >= 0.6 is 11.6 Å². The maximum absolute atomic E-state index is 12.2. The molecule has 1 aliphatic rings. The molecule has 1 aromatic heterocycles. The van der Waals surface area contributed by atoms with Crippen molar-refractivity contribution in [3.05, 3.63) is 41.3 Å². The van der Waals surface area contributed by atoms with Crippen LogP contribution in [0.4, 0.5) is 16.3 Å². The second-order valence-electron chi connectivity index (χ2n) is 5.92. The summed E-state index contributed by atoms with van der Waals surface area (Å²) in [5.74, 6) is 0.709. The summed E-state index contributed by atoms with van der Waals surface area (Å²) in [4.78, 5) is 20.0. The molecular weight excluding hydrogens is 370 g/mol. The largest absolute Gasteiger partial charge is 0.489 e. The zero-order valence-corrected chi connectivity index (χ0v) is 15.2. The lowest BCUT2D eigenvalue weighted by atomic mass is 10.1. The molecule has 3 rings (SSSR count). The molecule has 0 bridgehead atoms. The van der Waals surface area contributed by atoms with Gasteiger partial charge in [0, 0.05) is 11.6 Å². The Balaban J connectivity index is 1.62. The molecule has 1 aromatic carbocycles. The molecule has 0 radical (unpaired) electrons. The van der Waals surface area contributed by atoms with Gasteiger partial charge in [-0.05, 0) is 37.5 Å². The number of ether oxygens (including phenoxy) is 2. The summed E-state index contributed by atoms with van der Waals surface area (Å²) >= 11 is 6.04. The van der Waals surface area contributed by atoms with Gasteiger partial charge < -0.3 is 14.8 Å². The third-order valence-corrected chi connectivity index (χ3v) is 4.13. The van der Waals surface area contributed by atoms with Crippen LogP contribution in [0.15, 0.2) is 30.6 Å². The fourth-order valence-corrected chi connectivity index (χ4v) is 2.74. The SMILES string of the molecule is N#Cc1cnc(NC(=O)Nc2cc(Cl)ccc2OC[C@@H]2CCCCO2)cn1. The molecule has 0 spiro atoms. The molecule has 9 heteroatoms. The lowest BCUT2D eigenvalue weighted by Crippen LogP contribution is -2.26. The Morgan fingerprint density at radius 2 is 2.22 bits per heavy atom. The first-order valence-corrected chi connectivity index (χ1v) is 8.86. The number of hydrogen-bond donors (Lipinski definition) is 2. The first-order valence-electron chi connectivity index (χ1n) is 8.48. The number of hydrogen-bond acceptors (Lipinski definition) is 6. The predicted octanol–water partition coefficient (Wildman–Crippen LogP) is 3.59. The van der Waals surface area contributed by atoms with E-state index < -0.39 is 6.03 Å². The van der Waals surface area contributed by atoms with Gasteiger partial charge in [-0.1, -0.05) is 11.6 Å². The number of amides is 2. The molecule has 0 aliphatic carbocycles. The van der Waals surface area contributed by atoms with Crippen molar-refractivity contribution in [1.29, 1.82) is 5.26 Å². The first kappa shape index (κ1) is 18.9. The Kier molecular flexibility index (Phi) is 6.41. The normalized spacial score (nSPS) is 16.2. The van der Waals surface area contributed by atoms with Crippen molar-refractivity contribution in [3.8, 4) is 11.8 Å². The molecule has 2 N–H and O–H groups in total. The molecule has 1 fully saturated rings. The number of anilines is 2. The second kappa shape index (κ2) is 9.16. The summed E-state index contributed by atoms with van der Waals surface area (Å²) in [7, 11) is 0. The smallest absolute Gasteiger partial charge is 0.325 e. The number of nitriles is 1. The third kappa shape index (κ3) is 5.54. The van der Waals surface area contributed by atoms with Crippen LogP contribution in [0.25, 0.3) is 0 Å². The lowest BCUT2D eigenvalue weighted by Gasteiger charge is -2.23. The Hall–Kier alpha value is -2.89. The summed E-state index contributed by atoms with van der Waals surface area (Å²) in [6.45, 7) is 1.15. The molecule has 0 unspecified atom stereocenters. The zero-order chi connectivity index (χ0) is 19.1. The Morgan fingerprint density at radius 3 is 2.93 bits per heavy atom. The minimum absolute atomic E-state index is 0.0463. The average Bonchev–Trinajstić information content (AvgIpc) is 2.69. The van der Waals surface area contributed by atoms with E-state index >= 15 is 0 Å². The van der Waals surface area contributed by atoms with E-state index in [0.717, 1.165) is 25.9 Å². The number of rotatable bonds is 5. The number of benzene rings is 1. The number of urea groups is 1. The summed E-state index contributed by atoms with van der Waals surface area (Å²) in [6.07, 6.45) is 5.76. The highest BCUT2D eigenvalue weighted by molar-refractivity contribution is 6.31. The highest BCUT2D eigenvalue weighted by Gasteiger charge is 2.16. The van der Waals surface area contributed by atoms with Crippen LogP contribution in [-0.2, 0) is 4.74 Å². The number of nitrogens with zero attached hydrogens (tertiary/aromatic N) is 3. The molecule has 2 amide bonds. The number of carbonyl (C=O) groups excluding carboxylic acids is 1. The Bertz CT molecular complexity index is 832. The van der Waals surface area contributed by atoms with Gasteiger partial charge in [0.05, 0.1) is 24.2 Å². The molecule has 140 valence electrons. The first-order chi connectivity index (χ1) is 13.1. The van der Waals surface area contributed by atoms with Crippen LogP contribution in [0.1, 0.15) is 25.0 Å². The van der Waals surface area contributed by atoms with Crippen molar-refractivity contribution in [3.63, 3.8) is 0 Å². The van der Waals surface area contributed by atoms with Gasteiger partial charge in [-0.25, -0.2) is 14.8 Å². The van der Waals surface area contributed by atoms with Gasteiger partial charge in [-0.3, -0.25) is 5.32 Å². The van der Waals surface area contributed by atoms with E-state index in [-0.39, 0.29) is 17.6 Å². The van der Waals surface area contributed by atoms with Crippen molar-refractivity contribution in [1.82, 2.24) is 9.97 Å². The van der Waals surface area contributed by atoms with E-state index in [0.29, 0.717) is 23.1 Å². The molecule has 1 atom stereocenters. The second-order valence-corrected chi connectivity index (χ2v) is 6.35. The highest BCUT2D eigenvalue weighted by atomic mass is 35.5. The summed E-state index contributed by atoms with van der Waals surface area (Å²) in [5.41, 5.74) is 0.592. The minimum atomic E-state index is -0.532. The van der Waals surface area contributed by atoms with E-state index in [1.807, 2.05) is 6.07 Å². The fourth-order valence-electron chi connectivity index (χ4n) is 2.57. The van der Waals surface area contributed by atoms with Crippen molar-refractivity contribution in [2.24, 2.45) is 0 Å². The number of halogens is 1. The predicted molar refractivity (Wildman–Crippen MR) is 99.9 cm³/mol. The lowest BCUT2D eigenvalue weighted by molar-refractivity contribution is -0.0109. The number of nitrogens with one attached hydrogen (secondary N) is 2. The van der Waals surface area contributed by atoms with Crippen LogP contribution in [0.3, 0.4) is 0 Å². The maximum Gasteiger partial charge on any atom is 0.325 e. The van der Waals surface area contributed by atoms with Gasteiger partial charge in [0.15, 0.2) is 11.5 Å². The van der Waals surface area contributed by atoms with E-state index in [4.69, 9.17) is 26.3 Å². The molecule has 1 saturated heterocycles. The Morgan fingerprint density at radius 1 is 1.33 bits per heavy atom. The molecular formula is C18H18ClN5O3. The van der Waals surface area contributed by atoms with Gasteiger partial charge >= 0.3 is 6.03 Å². The van der Waals surface area contributed by atoms with Gasteiger partial charge in [-0.15, -0.1) is 0 Å². The molecule has 27 heavy (non-hydrogen) atoms. The molecule has 0 saturated carbocycles.